The van der Waals surface area contributed by atoms with Gasteiger partial charge in [0, 0.05) is 17.9 Å². The van der Waals surface area contributed by atoms with E-state index in [1.807, 2.05) is 45.0 Å². The molecule has 0 bridgehead atoms. The van der Waals surface area contributed by atoms with Crippen molar-refractivity contribution in [2.24, 2.45) is 5.92 Å². The number of hydrogen-bond donors (Lipinski definition) is 3. The Hall–Kier alpha value is -1.75. The third-order valence-corrected chi connectivity index (χ3v) is 3.52. The number of anilines is 2. The molecule has 0 spiro atoms. The van der Waals surface area contributed by atoms with Crippen molar-refractivity contribution < 1.29 is 9.53 Å². The topological polar surface area (TPSA) is 62.4 Å². The third-order valence-electron chi connectivity index (χ3n) is 3.52. The zero-order chi connectivity index (χ0) is 16.0. The molecule has 3 N–H and O–H groups in total. The van der Waals surface area contributed by atoms with Crippen LogP contribution in [0.4, 0.5) is 16.2 Å². The molecular weight excluding hydrogens is 278 g/mol. The Kier molecular flexibility index (Phi) is 5.66. The summed E-state index contributed by atoms with van der Waals surface area (Å²) in [5.74, 6) is 0.688. The van der Waals surface area contributed by atoms with Crippen molar-refractivity contribution in [2.75, 3.05) is 30.3 Å². The molecule has 1 fully saturated rings. The lowest BCUT2D eigenvalue weighted by atomic mass is 10.00. The van der Waals surface area contributed by atoms with Gasteiger partial charge in [-0.15, -0.1) is 0 Å². The van der Waals surface area contributed by atoms with Crippen LogP contribution in [-0.2, 0) is 4.74 Å². The van der Waals surface area contributed by atoms with E-state index in [0.717, 1.165) is 31.0 Å². The second kappa shape index (κ2) is 7.49. The maximum Gasteiger partial charge on any atom is 0.412 e. The average Bonchev–Trinajstić information content (AvgIpc) is 2.45. The largest absolute Gasteiger partial charge is 0.444 e. The molecule has 2 rings (SSSR count). The molecule has 0 aliphatic carbocycles. The van der Waals surface area contributed by atoms with Gasteiger partial charge in [0.05, 0.1) is 0 Å². The van der Waals surface area contributed by atoms with Gasteiger partial charge < -0.3 is 15.4 Å². The number of ether oxygens (including phenoxy) is 1. The van der Waals surface area contributed by atoms with Gasteiger partial charge in [0.1, 0.15) is 5.60 Å². The van der Waals surface area contributed by atoms with Crippen LogP contribution in [0.15, 0.2) is 24.3 Å². The lowest BCUT2D eigenvalue weighted by Crippen LogP contribution is -2.33. The summed E-state index contributed by atoms with van der Waals surface area (Å²) >= 11 is 0. The quantitative estimate of drug-likeness (QED) is 0.797. The van der Waals surface area contributed by atoms with E-state index < -0.39 is 11.7 Å². The van der Waals surface area contributed by atoms with Crippen LogP contribution in [0.3, 0.4) is 0 Å². The summed E-state index contributed by atoms with van der Waals surface area (Å²) in [6.07, 6.45) is 2.10. The summed E-state index contributed by atoms with van der Waals surface area (Å²) < 4.78 is 5.23. The van der Waals surface area contributed by atoms with E-state index in [-0.39, 0.29) is 0 Å². The Labute approximate surface area is 132 Å². The molecule has 1 unspecified atom stereocenters. The summed E-state index contributed by atoms with van der Waals surface area (Å²) in [6, 6.07) is 7.71. The first-order valence-corrected chi connectivity index (χ1v) is 7.97. The van der Waals surface area contributed by atoms with Crippen LogP contribution in [0, 0.1) is 5.92 Å². The van der Waals surface area contributed by atoms with Crippen LogP contribution in [0.5, 0.6) is 0 Å². The minimum Gasteiger partial charge on any atom is -0.444 e. The van der Waals surface area contributed by atoms with E-state index in [1.165, 1.54) is 12.8 Å². The molecule has 122 valence electrons. The number of benzene rings is 1. The first-order chi connectivity index (χ1) is 10.4. The Bertz CT molecular complexity index is 474. The van der Waals surface area contributed by atoms with Gasteiger partial charge in [-0.3, -0.25) is 5.32 Å². The smallest absolute Gasteiger partial charge is 0.412 e. The van der Waals surface area contributed by atoms with Crippen molar-refractivity contribution in [3.8, 4) is 0 Å². The van der Waals surface area contributed by atoms with E-state index in [1.54, 1.807) is 0 Å². The first-order valence-electron chi connectivity index (χ1n) is 7.97. The molecule has 1 aromatic carbocycles. The second-order valence-electron chi connectivity index (χ2n) is 6.80. The molecule has 5 heteroatoms. The molecule has 1 aliphatic rings. The van der Waals surface area contributed by atoms with Gasteiger partial charge in [-0.25, -0.2) is 4.79 Å². The van der Waals surface area contributed by atoms with Crippen LogP contribution in [-0.4, -0.2) is 31.3 Å². The molecule has 1 aliphatic heterocycles. The minimum absolute atomic E-state index is 0.429. The number of carbonyl (C=O) groups is 1. The number of amides is 1. The predicted molar refractivity (Wildman–Crippen MR) is 90.4 cm³/mol. The zero-order valence-corrected chi connectivity index (χ0v) is 13.7. The molecule has 1 saturated heterocycles. The van der Waals surface area contributed by atoms with Gasteiger partial charge in [-0.2, -0.15) is 0 Å². The maximum absolute atomic E-state index is 11.7. The van der Waals surface area contributed by atoms with Crippen molar-refractivity contribution in [1.29, 1.82) is 0 Å². The summed E-state index contributed by atoms with van der Waals surface area (Å²) in [7, 11) is 0. The number of nitrogens with one attached hydrogen (secondary N) is 3. The number of hydrogen-bond acceptors (Lipinski definition) is 4. The first kappa shape index (κ1) is 16.6. The lowest BCUT2D eigenvalue weighted by Gasteiger charge is -2.23. The van der Waals surface area contributed by atoms with E-state index in [0.29, 0.717) is 5.92 Å². The highest BCUT2D eigenvalue weighted by atomic mass is 16.6. The van der Waals surface area contributed by atoms with Crippen molar-refractivity contribution in [3.63, 3.8) is 0 Å². The number of rotatable bonds is 4. The summed E-state index contributed by atoms with van der Waals surface area (Å²) in [6.45, 7) is 8.75. The fraction of sp³-hybridized carbons (Fsp3) is 0.588. The third kappa shape index (κ3) is 5.93. The van der Waals surface area contributed by atoms with Gasteiger partial charge in [-0.05, 0) is 76.9 Å². The van der Waals surface area contributed by atoms with Crippen LogP contribution < -0.4 is 16.0 Å². The summed E-state index contributed by atoms with van der Waals surface area (Å²) in [5, 5.41) is 9.60. The SMILES string of the molecule is CC(C)(C)OC(=O)Nc1ccc(NCC2CCCNC2)cc1. The van der Waals surface area contributed by atoms with Gasteiger partial charge in [0.25, 0.3) is 0 Å². The number of piperidine rings is 1. The summed E-state index contributed by atoms with van der Waals surface area (Å²) in [4.78, 5) is 11.7. The maximum atomic E-state index is 11.7. The molecule has 5 nitrogen and oxygen atoms in total. The van der Waals surface area contributed by atoms with Gasteiger partial charge in [0.15, 0.2) is 0 Å². The molecule has 0 saturated carbocycles. The molecule has 1 heterocycles. The van der Waals surface area contributed by atoms with Crippen LogP contribution in [0.1, 0.15) is 33.6 Å². The van der Waals surface area contributed by atoms with Gasteiger partial charge >= 0.3 is 6.09 Å². The van der Waals surface area contributed by atoms with Crippen molar-refractivity contribution in [1.82, 2.24) is 5.32 Å². The van der Waals surface area contributed by atoms with Gasteiger partial charge in [-0.1, -0.05) is 0 Å². The fourth-order valence-electron chi connectivity index (χ4n) is 2.45. The van der Waals surface area contributed by atoms with Crippen LogP contribution >= 0.6 is 0 Å². The van der Waals surface area contributed by atoms with E-state index in [4.69, 9.17) is 4.74 Å². The lowest BCUT2D eigenvalue weighted by molar-refractivity contribution is 0.0636. The van der Waals surface area contributed by atoms with Gasteiger partial charge in [0.2, 0.25) is 0 Å². The van der Waals surface area contributed by atoms with E-state index in [9.17, 15) is 4.79 Å². The molecule has 0 aromatic heterocycles. The van der Waals surface area contributed by atoms with Crippen molar-refractivity contribution >= 4 is 17.5 Å². The van der Waals surface area contributed by atoms with E-state index >= 15 is 0 Å². The molecule has 1 aromatic rings. The molecule has 1 amide bonds. The predicted octanol–water partition coefficient (Wildman–Crippen LogP) is 3.45. The summed E-state index contributed by atoms with van der Waals surface area (Å²) in [5.41, 5.74) is 1.32. The van der Waals surface area contributed by atoms with Crippen LogP contribution in [0.2, 0.25) is 0 Å². The highest BCUT2D eigenvalue weighted by Gasteiger charge is 2.16. The monoisotopic (exact) mass is 305 g/mol. The Morgan fingerprint density at radius 3 is 2.55 bits per heavy atom. The molecular formula is C17H27N3O2. The fourth-order valence-corrected chi connectivity index (χ4v) is 2.45. The Balaban J connectivity index is 1.78. The van der Waals surface area contributed by atoms with Crippen LogP contribution in [0.25, 0.3) is 0 Å². The average molecular weight is 305 g/mol. The van der Waals surface area contributed by atoms with E-state index in [2.05, 4.69) is 16.0 Å². The second-order valence-corrected chi connectivity index (χ2v) is 6.80. The standard InChI is InChI=1S/C17H27N3O2/c1-17(2,3)22-16(21)20-15-8-6-14(7-9-15)19-12-13-5-4-10-18-11-13/h6-9,13,18-19H,4-5,10-12H2,1-3H3,(H,20,21). The van der Waals surface area contributed by atoms with Crippen molar-refractivity contribution in [3.05, 3.63) is 24.3 Å². The molecule has 22 heavy (non-hydrogen) atoms. The Morgan fingerprint density at radius 1 is 1.27 bits per heavy atom. The Morgan fingerprint density at radius 2 is 1.95 bits per heavy atom. The normalized spacial score (nSPS) is 18.6. The highest BCUT2D eigenvalue weighted by molar-refractivity contribution is 5.85. The minimum atomic E-state index is -0.486. The van der Waals surface area contributed by atoms with Crippen molar-refractivity contribution in [2.45, 2.75) is 39.2 Å². The number of carbonyl (C=O) groups excluding carboxylic acids is 1. The molecule has 1 atom stereocenters. The highest BCUT2D eigenvalue weighted by Crippen LogP contribution is 2.17. The zero-order valence-electron chi connectivity index (χ0n) is 13.7. The molecule has 0 radical (unpaired) electrons.